The van der Waals surface area contributed by atoms with Crippen LogP contribution in [-0.2, 0) is 11.0 Å². The zero-order valence-electron chi connectivity index (χ0n) is 10.7. The average Bonchev–Trinajstić information content (AvgIpc) is 3.00. The number of carbonyl (C=O) groups excluding carboxylic acids is 1. The molecule has 2 bridgehead atoms. The Labute approximate surface area is 114 Å². The van der Waals surface area contributed by atoms with Crippen LogP contribution in [-0.4, -0.2) is 5.91 Å². The van der Waals surface area contributed by atoms with Gasteiger partial charge < -0.3 is 5.32 Å². The number of nitrogens with one attached hydrogen (secondary N) is 1. The zero-order chi connectivity index (χ0) is 14.3. The van der Waals surface area contributed by atoms with Crippen molar-refractivity contribution >= 4 is 11.6 Å². The first-order valence-corrected chi connectivity index (χ1v) is 6.60. The predicted molar refractivity (Wildman–Crippen MR) is 68.9 cm³/mol. The number of rotatable bonds is 2. The summed E-state index contributed by atoms with van der Waals surface area (Å²) in [6.07, 6.45) is 1.73. The monoisotopic (exact) mass is 281 g/mol. The topological polar surface area (TPSA) is 29.1 Å². The van der Waals surface area contributed by atoms with Crippen LogP contribution in [0.15, 0.2) is 36.4 Å². The van der Waals surface area contributed by atoms with Gasteiger partial charge in [0.25, 0.3) is 0 Å². The summed E-state index contributed by atoms with van der Waals surface area (Å²) in [5.74, 6) is 0.631. The van der Waals surface area contributed by atoms with Crippen molar-refractivity contribution in [3.63, 3.8) is 0 Å². The summed E-state index contributed by atoms with van der Waals surface area (Å²) in [6, 6.07) is 4.56. The van der Waals surface area contributed by atoms with E-state index in [9.17, 15) is 18.0 Å². The molecule has 0 radical (unpaired) electrons. The molecule has 5 heteroatoms. The fourth-order valence-electron chi connectivity index (χ4n) is 3.06. The van der Waals surface area contributed by atoms with Gasteiger partial charge in [-0.2, -0.15) is 13.2 Å². The van der Waals surface area contributed by atoms with Crippen molar-refractivity contribution in [1.82, 2.24) is 0 Å². The Hall–Kier alpha value is -1.78. The number of allylic oxidation sites excluding steroid dienone is 2. The first kappa shape index (κ1) is 13.2. The quantitative estimate of drug-likeness (QED) is 0.819. The van der Waals surface area contributed by atoms with Crippen molar-refractivity contribution in [3.8, 4) is 0 Å². The highest BCUT2D eigenvalue weighted by molar-refractivity contribution is 5.93. The molecule has 20 heavy (non-hydrogen) atoms. The van der Waals surface area contributed by atoms with Crippen molar-refractivity contribution in [2.45, 2.75) is 19.0 Å². The Morgan fingerprint density at radius 3 is 2.30 bits per heavy atom. The second kappa shape index (κ2) is 4.65. The molecule has 1 N–H and O–H groups in total. The van der Waals surface area contributed by atoms with E-state index in [0.29, 0.717) is 11.6 Å². The van der Waals surface area contributed by atoms with Crippen LogP contribution in [0.25, 0.3) is 0 Å². The van der Waals surface area contributed by atoms with E-state index in [1.807, 2.05) is 0 Å². The lowest BCUT2D eigenvalue weighted by molar-refractivity contribution is -0.137. The summed E-state index contributed by atoms with van der Waals surface area (Å²) in [6.45, 7) is 0. The molecule has 106 valence electrons. The maximum absolute atomic E-state index is 12.4. The number of anilines is 1. The molecule has 3 unspecified atom stereocenters. The summed E-state index contributed by atoms with van der Waals surface area (Å²) in [4.78, 5) is 12.1. The number of hydrogen-bond donors (Lipinski definition) is 1. The van der Waals surface area contributed by atoms with E-state index in [4.69, 9.17) is 0 Å². The van der Waals surface area contributed by atoms with Crippen molar-refractivity contribution in [3.05, 3.63) is 42.0 Å². The number of fused-ring (bicyclic) bond motifs is 2. The van der Waals surface area contributed by atoms with Crippen molar-refractivity contribution in [2.24, 2.45) is 17.8 Å². The second-order valence-electron chi connectivity index (χ2n) is 5.45. The Bertz CT molecular complexity index is 547. The fraction of sp³-hybridized carbons (Fsp3) is 0.400. The summed E-state index contributed by atoms with van der Waals surface area (Å²) in [5, 5.41) is 2.71. The zero-order valence-corrected chi connectivity index (χ0v) is 10.7. The molecule has 0 spiro atoms. The third-order valence-corrected chi connectivity index (χ3v) is 4.10. The molecule has 0 saturated heterocycles. The van der Waals surface area contributed by atoms with E-state index in [1.54, 1.807) is 0 Å². The largest absolute Gasteiger partial charge is 0.416 e. The lowest BCUT2D eigenvalue weighted by Crippen LogP contribution is -2.25. The van der Waals surface area contributed by atoms with E-state index < -0.39 is 11.7 Å². The summed E-state index contributed by atoms with van der Waals surface area (Å²) in [7, 11) is 0. The van der Waals surface area contributed by atoms with Gasteiger partial charge in [-0.25, -0.2) is 0 Å². The lowest BCUT2D eigenvalue weighted by Gasteiger charge is -2.17. The maximum Gasteiger partial charge on any atom is 0.416 e. The standard InChI is InChI=1S/C15H14F3NO/c16-15(17,18)11-3-5-12(6-4-11)19-14(20)13-8-9-1-2-10(13)7-9/h1-6,9-10,13H,7-8H2,(H,19,20). The van der Waals surface area contributed by atoms with E-state index in [-0.39, 0.29) is 17.7 Å². The first-order chi connectivity index (χ1) is 9.43. The van der Waals surface area contributed by atoms with Gasteiger partial charge in [0.2, 0.25) is 5.91 Å². The molecular weight excluding hydrogens is 267 g/mol. The molecule has 1 aromatic carbocycles. The Kier molecular flexibility index (Phi) is 3.07. The van der Waals surface area contributed by atoms with Crippen LogP contribution in [0.5, 0.6) is 0 Å². The molecule has 2 nitrogen and oxygen atoms in total. The molecule has 0 heterocycles. The van der Waals surface area contributed by atoms with Crippen molar-refractivity contribution in [1.29, 1.82) is 0 Å². The van der Waals surface area contributed by atoms with Gasteiger partial charge in [-0.05, 0) is 48.9 Å². The Morgan fingerprint density at radius 2 is 1.80 bits per heavy atom. The Morgan fingerprint density at radius 1 is 1.10 bits per heavy atom. The van der Waals surface area contributed by atoms with E-state index in [1.165, 1.54) is 12.1 Å². The van der Waals surface area contributed by atoms with Gasteiger partial charge in [0.15, 0.2) is 0 Å². The fourth-order valence-corrected chi connectivity index (χ4v) is 3.06. The lowest BCUT2D eigenvalue weighted by atomic mass is 9.93. The average molecular weight is 281 g/mol. The van der Waals surface area contributed by atoms with E-state index >= 15 is 0 Å². The molecule has 1 aromatic rings. The van der Waals surface area contributed by atoms with Gasteiger partial charge in [-0.3, -0.25) is 4.79 Å². The van der Waals surface area contributed by atoms with Crippen LogP contribution in [0.4, 0.5) is 18.9 Å². The van der Waals surface area contributed by atoms with Crippen molar-refractivity contribution < 1.29 is 18.0 Å². The highest BCUT2D eigenvalue weighted by Gasteiger charge is 2.39. The number of alkyl halides is 3. The molecule has 1 saturated carbocycles. The molecule has 1 fully saturated rings. The van der Waals surface area contributed by atoms with Gasteiger partial charge in [-0.15, -0.1) is 0 Å². The van der Waals surface area contributed by atoms with Crippen LogP contribution in [0.3, 0.4) is 0 Å². The number of hydrogen-bond acceptors (Lipinski definition) is 1. The van der Waals surface area contributed by atoms with Crippen LogP contribution >= 0.6 is 0 Å². The number of halogens is 3. The van der Waals surface area contributed by atoms with Crippen LogP contribution in [0, 0.1) is 17.8 Å². The molecule has 0 aromatic heterocycles. The molecule has 2 aliphatic rings. The van der Waals surface area contributed by atoms with Crippen LogP contribution in [0.2, 0.25) is 0 Å². The first-order valence-electron chi connectivity index (χ1n) is 6.60. The van der Waals surface area contributed by atoms with Crippen LogP contribution < -0.4 is 5.32 Å². The van der Waals surface area contributed by atoms with Gasteiger partial charge in [-0.1, -0.05) is 12.2 Å². The normalized spacial score (nSPS) is 27.9. The van der Waals surface area contributed by atoms with Gasteiger partial charge in [0.05, 0.1) is 5.56 Å². The third-order valence-electron chi connectivity index (χ3n) is 4.10. The maximum atomic E-state index is 12.4. The smallest absolute Gasteiger partial charge is 0.326 e. The minimum absolute atomic E-state index is 0.0488. The summed E-state index contributed by atoms with van der Waals surface area (Å²) in [5.41, 5.74) is -0.298. The molecule has 3 atom stereocenters. The Balaban J connectivity index is 1.66. The molecule has 2 aliphatic carbocycles. The number of amides is 1. The predicted octanol–water partition coefficient (Wildman–Crippen LogP) is 3.86. The van der Waals surface area contributed by atoms with Gasteiger partial charge in [0, 0.05) is 11.6 Å². The highest BCUT2D eigenvalue weighted by Crippen LogP contribution is 2.43. The number of benzene rings is 1. The second-order valence-corrected chi connectivity index (χ2v) is 5.45. The SMILES string of the molecule is O=C(Nc1ccc(C(F)(F)F)cc1)C1CC2C=CC1C2. The minimum atomic E-state index is -4.35. The molecule has 0 aliphatic heterocycles. The summed E-state index contributed by atoms with van der Waals surface area (Å²) >= 11 is 0. The molecule has 1 amide bonds. The van der Waals surface area contributed by atoms with Crippen LogP contribution in [0.1, 0.15) is 18.4 Å². The molecular formula is C15H14F3NO. The van der Waals surface area contributed by atoms with E-state index in [0.717, 1.165) is 25.0 Å². The third kappa shape index (κ3) is 2.44. The van der Waals surface area contributed by atoms with E-state index in [2.05, 4.69) is 17.5 Å². The number of carbonyl (C=O) groups is 1. The van der Waals surface area contributed by atoms with Gasteiger partial charge in [0.1, 0.15) is 0 Å². The minimum Gasteiger partial charge on any atom is -0.326 e. The molecule has 3 rings (SSSR count). The highest BCUT2D eigenvalue weighted by atomic mass is 19.4. The summed E-state index contributed by atoms with van der Waals surface area (Å²) < 4.78 is 37.3. The van der Waals surface area contributed by atoms with Gasteiger partial charge >= 0.3 is 6.18 Å². The van der Waals surface area contributed by atoms with Crippen molar-refractivity contribution in [2.75, 3.05) is 5.32 Å².